The summed E-state index contributed by atoms with van der Waals surface area (Å²) < 4.78 is 3.15. The van der Waals surface area contributed by atoms with Crippen LogP contribution in [0, 0.1) is 3.57 Å². The number of nitrogens with zero attached hydrogens (tertiary/aromatic N) is 1. The van der Waals surface area contributed by atoms with E-state index in [9.17, 15) is 4.79 Å². The molecule has 82 valence electrons. The van der Waals surface area contributed by atoms with Gasteiger partial charge in [0, 0.05) is 21.1 Å². The summed E-state index contributed by atoms with van der Waals surface area (Å²) in [6.07, 6.45) is 6.41. The molecule has 1 aromatic rings. The normalized spacial score (nSPS) is 17.7. The lowest BCUT2D eigenvalue weighted by Gasteiger charge is -2.14. The minimum atomic E-state index is -0.838. The molecule has 0 bridgehead atoms. The molecule has 1 heterocycles. The molecular formula is C10H12INO2S. The lowest BCUT2D eigenvalue weighted by molar-refractivity contribution is 0.0685. The highest BCUT2D eigenvalue weighted by Gasteiger charge is 2.42. The second-order valence-electron chi connectivity index (χ2n) is 3.86. The van der Waals surface area contributed by atoms with E-state index < -0.39 is 5.97 Å². The Hall–Kier alpha value is -0.170. The molecule has 3 nitrogen and oxygen atoms in total. The van der Waals surface area contributed by atoms with Crippen LogP contribution in [0.3, 0.4) is 0 Å². The van der Waals surface area contributed by atoms with Gasteiger partial charge in [-0.05, 0) is 47.8 Å². The standard InChI is InChI=1S/C10H12INO2S/c1-15-10(2-3-10)6-12-5-7(11)4-8(12)9(13)14/h4-5H,2-3,6H2,1H3,(H,13,14). The van der Waals surface area contributed by atoms with Crippen LogP contribution in [0.15, 0.2) is 12.3 Å². The maximum atomic E-state index is 11.0. The Bertz CT molecular complexity index is 398. The Morgan fingerprint density at radius 3 is 2.87 bits per heavy atom. The van der Waals surface area contributed by atoms with E-state index in [-0.39, 0.29) is 0 Å². The molecule has 0 amide bonds. The number of carboxylic acid groups (broad SMARTS) is 1. The molecule has 1 aromatic heterocycles. The van der Waals surface area contributed by atoms with Crippen LogP contribution >= 0.6 is 34.4 Å². The van der Waals surface area contributed by atoms with E-state index in [0.717, 1.165) is 10.1 Å². The molecule has 1 fully saturated rings. The van der Waals surface area contributed by atoms with Crippen molar-refractivity contribution in [1.82, 2.24) is 4.57 Å². The van der Waals surface area contributed by atoms with Gasteiger partial charge in [-0.1, -0.05) is 0 Å². The van der Waals surface area contributed by atoms with Crippen LogP contribution in [0.2, 0.25) is 0 Å². The molecular weight excluding hydrogens is 325 g/mol. The molecule has 2 rings (SSSR count). The van der Waals surface area contributed by atoms with Crippen molar-refractivity contribution < 1.29 is 9.90 Å². The molecule has 5 heteroatoms. The maximum absolute atomic E-state index is 11.0. The Morgan fingerprint density at radius 1 is 1.73 bits per heavy atom. The van der Waals surface area contributed by atoms with Crippen molar-refractivity contribution in [2.75, 3.05) is 6.26 Å². The number of carbonyl (C=O) groups is 1. The fourth-order valence-corrected chi connectivity index (χ4v) is 3.07. The van der Waals surface area contributed by atoms with Crippen LogP contribution in [0.4, 0.5) is 0 Å². The van der Waals surface area contributed by atoms with E-state index >= 15 is 0 Å². The molecule has 1 aliphatic carbocycles. The summed E-state index contributed by atoms with van der Waals surface area (Å²) in [6.45, 7) is 0.818. The summed E-state index contributed by atoms with van der Waals surface area (Å²) in [5.41, 5.74) is 0.403. The maximum Gasteiger partial charge on any atom is 0.352 e. The second kappa shape index (κ2) is 4.01. The Morgan fingerprint density at radius 2 is 2.40 bits per heavy atom. The zero-order valence-corrected chi connectivity index (χ0v) is 11.3. The Kier molecular flexibility index (Phi) is 3.03. The first-order valence-corrected chi connectivity index (χ1v) is 7.01. The number of hydrogen-bond donors (Lipinski definition) is 1. The van der Waals surface area contributed by atoms with Gasteiger partial charge in [0.25, 0.3) is 0 Å². The fourth-order valence-electron chi connectivity index (χ4n) is 1.66. The van der Waals surface area contributed by atoms with Gasteiger partial charge in [-0.15, -0.1) is 0 Å². The quantitative estimate of drug-likeness (QED) is 0.859. The molecule has 0 aromatic carbocycles. The van der Waals surface area contributed by atoms with Gasteiger partial charge in [-0.3, -0.25) is 0 Å². The van der Waals surface area contributed by atoms with E-state index in [1.807, 2.05) is 22.5 Å². The number of aromatic nitrogens is 1. The highest BCUT2D eigenvalue weighted by Crippen LogP contribution is 2.48. The van der Waals surface area contributed by atoms with Crippen molar-refractivity contribution >= 4 is 40.3 Å². The van der Waals surface area contributed by atoms with E-state index in [0.29, 0.717) is 10.4 Å². The smallest absolute Gasteiger partial charge is 0.352 e. The third-order valence-electron chi connectivity index (χ3n) is 2.78. The first-order valence-electron chi connectivity index (χ1n) is 4.70. The number of hydrogen-bond acceptors (Lipinski definition) is 2. The van der Waals surface area contributed by atoms with Gasteiger partial charge in [0.2, 0.25) is 0 Å². The minimum Gasteiger partial charge on any atom is -0.477 e. The number of halogens is 1. The van der Waals surface area contributed by atoms with Crippen molar-refractivity contribution in [2.45, 2.75) is 24.1 Å². The Balaban J connectivity index is 2.24. The topological polar surface area (TPSA) is 42.2 Å². The zero-order chi connectivity index (χ0) is 11.1. The predicted molar refractivity (Wildman–Crippen MR) is 69.6 cm³/mol. The van der Waals surface area contributed by atoms with Crippen molar-refractivity contribution in [2.24, 2.45) is 0 Å². The lowest BCUT2D eigenvalue weighted by atomic mass is 10.3. The molecule has 1 saturated carbocycles. The van der Waals surface area contributed by atoms with Crippen molar-refractivity contribution in [1.29, 1.82) is 0 Å². The minimum absolute atomic E-state index is 0.298. The highest BCUT2D eigenvalue weighted by molar-refractivity contribution is 14.1. The third kappa shape index (κ3) is 2.33. The van der Waals surface area contributed by atoms with Gasteiger partial charge in [-0.25, -0.2) is 4.79 Å². The fraction of sp³-hybridized carbons (Fsp3) is 0.500. The van der Waals surface area contributed by atoms with Crippen LogP contribution in [-0.2, 0) is 6.54 Å². The molecule has 0 aliphatic heterocycles. The van der Waals surface area contributed by atoms with Gasteiger partial charge in [-0.2, -0.15) is 11.8 Å². The summed E-state index contributed by atoms with van der Waals surface area (Å²) in [7, 11) is 0. The first-order chi connectivity index (χ1) is 7.06. The Labute approximate surface area is 106 Å². The monoisotopic (exact) mass is 337 g/mol. The largest absolute Gasteiger partial charge is 0.477 e. The van der Waals surface area contributed by atoms with Gasteiger partial charge < -0.3 is 9.67 Å². The predicted octanol–water partition coefficient (Wildman–Crippen LogP) is 2.69. The van der Waals surface area contributed by atoms with E-state index in [1.165, 1.54) is 12.8 Å². The van der Waals surface area contributed by atoms with Crippen LogP contribution < -0.4 is 0 Å². The second-order valence-corrected chi connectivity index (χ2v) is 6.38. The van der Waals surface area contributed by atoms with Crippen molar-refractivity contribution in [3.63, 3.8) is 0 Å². The third-order valence-corrected chi connectivity index (χ3v) is 4.77. The molecule has 0 saturated heterocycles. The zero-order valence-electron chi connectivity index (χ0n) is 8.36. The molecule has 15 heavy (non-hydrogen) atoms. The highest BCUT2D eigenvalue weighted by atomic mass is 127. The van der Waals surface area contributed by atoms with Gasteiger partial charge >= 0.3 is 5.97 Å². The number of aromatic carboxylic acids is 1. The number of rotatable bonds is 4. The van der Waals surface area contributed by atoms with Gasteiger partial charge in [0.15, 0.2) is 0 Å². The average molecular weight is 337 g/mol. The summed E-state index contributed by atoms with van der Waals surface area (Å²) >= 11 is 4.00. The SMILES string of the molecule is CSC1(Cn2cc(I)cc2C(=O)O)CC1. The first kappa shape index (κ1) is 11.3. The van der Waals surface area contributed by atoms with Gasteiger partial charge in [0.1, 0.15) is 5.69 Å². The van der Waals surface area contributed by atoms with Crippen LogP contribution in [-0.4, -0.2) is 26.6 Å². The average Bonchev–Trinajstić information content (AvgIpc) is 2.84. The molecule has 0 unspecified atom stereocenters. The van der Waals surface area contributed by atoms with E-state index in [4.69, 9.17) is 5.11 Å². The summed E-state index contributed by atoms with van der Waals surface area (Å²) in [5, 5.41) is 9.04. The van der Waals surface area contributed by atoms with Crippen molar-refractivity contribution in [3.05, 3.63) is 21.5 Å². The summed E-state index contributed by atoms with van der Waals surface area (Å²) in [6, 6.07) is 1.72. The van der Waals surface area contributed by atoms with Crippen molar-refractivity contribution in [3.8, 4) is 0 Å². The molecule has 0 spiro atoms. The summed E-state index contributed by atoms with van der Waals surface area (Å²) in [4.78, 5) is 11.0. The van der Waals surface area contributed by atoms with Crippen LogP contribution in [0.25, 0.3) is 0 Å². The molecule has 1 aliphatic rings. The van der Waals surface area contributed by atoms with E-state index in [2.05, 4.69) is 28.8 Å². The molecule has 0 atom stereocenters. The van der Waals surface area contributed by atoms with Gasteiger partial charge in [0.05, 0.1) is 0 Å². The van der Waals surface area contributed by atoms with Crippen LogP contribution in [0.5, 0.6) is 0 Å². The molecule has 0 radical (unpaired) electrons. The van der Waals surface area contributed by atoms with Crippen LogP contribution in [0.1, 0.15) is 23.3 Å². The number of carboxylic acids is 1. The van der Waals surface area contributed by atoms with E-state index in [1.54, 1.807) is 6.07 Å². The molecule has 1 N–H and O–H groups in total. The lowest BCUT2D eigenvalue weighted by Crippen LogP contribution is -2.17. The number of thioether (sulfide) groups is 1. The summed E-state index contributed by atoms with van der Waals surface area (Å²) in [5.74, 6) is -0.838.